The Labute approximate surface area is 201 Å². The van der Waals surface area contributed by atoms with Gasteiger partial charge < -0.3 is 31.6 Å². The first-order valence-electron chi connectivity index (χ1n) is 11.1. The maximum atomic E-state index is 12.9. The molecule has 0 aliphatic rings. The highest BCUT2D eigenvalue weighted by atomic mass is 16.4. The van der Waals surface area contributed by atoms with Crippen molar-refractivity contribution >= 4 is 34.7 Å². The van der Waals surface area contributed by atoms with E-state index in [1.54, 1.807) is 36.5 Å². The lowest BCUT2D eigenvalue weighted by molar-refractivity contribution is -0.143. The van der Waals surface area contributed by atoms with E-state index in [1.165, 1.54) is 0 Å². The van der Waals surface area contributed by atoms with Crippen molar-refractivity contribution in [3.63, 3.8) is 0 Å². The van der Waals surface area contributed by atoms with Gasteiger partial charge in [-0.3, -0.25) is 14.4 Å². The van der Waals surface area contributed by atoms with Crippen molar-refractivity contribution in [2.24, 2.45) is 5.73 Å². The summed E-state index contributed by atoms with van der Waals surface area (Å²) in [7, 11) is 0. The molecule has 2 aromatic carbocycles. The summed E-state index contributed by atoms with van der Waals surface area (Å²) in [6.07, 6.45) is 1.36. The molecule has 0 radical (unpaired) electrons. The number of carbonyl (C=O) groups excluding carboxylic acids is 2. The number of carbonyl (C=O) groups is 4. The minimum Gasteiger partial charge on any atom is -0.481 e. The number of carboxylic acids is 2. The van der Waals surface area contributed by atoms with Gasteiger partial charge in [-0.25, -0.2) is 4.79 Å². The average molecular weight is 481 g/mol. The Kier molecular flexibility index (Phi) is 8.58. The predicted octanol–water partition coefficient (Wildman–Crippen LogP) is 1.20. The van der Waals surface area contributed by atoms with Crippen molar-refractivity contribution in [3.8, 4) is 0 Å². The fourth-order valence-corrected chi connectivity index (χ4v) is 3.77. The van der Waals surface area contributed by atoms with Crippen LogP contribution in [0.5, 0.6) is 0 Å². The smallest absolute Gasteiger partial charge is 0.326 e. The Morgan fingerprint density at radius 3 is 2.20 bits per heavy atom. The fraction of sp³-hybridized carbons (Fsp3) is 0.280. The Morgan fingerprint density at radius 2 is 1.51 bits per heavy atom. The van der Waals surface area contributed by atoms with Crippen LogP contribution in [0.25, 0.3) is 10.9 Å². The van der Waals surface area contributed by atoms with Gasteiger partial charge in [0.2, 0.25) is 11.8 Å². The zero-order chi connectivity index (χ0) is 25.4. The molecule has 3 aromatic rings. The molecule has 3 atom stereocenters. The quantitative estimate of drug-likeness (QED) is 0.226. The van der Waals surface area contributed by atoms with Crippen molar-refractivity contribution < 1.29 is 29.4 Å². The van der Waals surface area contributed by atoms with E-state index in [1.807, 2.05) is 24.3 Å². The van der Waals surface area contributed by atoms with E-state index in [0.717, 1.165) is 16.5 Å². The minimum atomic E-state index is -1.26. The van der Waals surface area contributed by atoms with Gasteiger partial charge in [0.25, 0.3) is 0 Å². The molecule has 0 bridgehead atoms. The van der Waals surface area contributed by atoms with Gasteiger partial charge in [-0.15, -0.1) is 0 Å². The zero-order valence-corrected chi connectivity index (χ0v) is 18.9. The van der Waals surface area contributed by atoms with Crippen molar-refractivity contribution in [1.82, 2.24) is 15.6 Å². The molecule has 0 aliphatic carbocycles. The molecule has 10 nitrogen and oxygen atoms in total. The van der Waals surface area contributed by atoms with Gasteiger partial charge in [0.05, 0.1) is 6.04 Å². The van der Waals surface area contributed by atoms with Gasteiger partial charge in [0.15, 0.2) is 0 Å². The van der Waals surface area contributed by atoms with Crippen molar-refractivity contribution in [2.45, 2.75) is 43.8 Å². The van der Waals surface area contributed by atoms with Crippen LogP contribution in [0.15, 0.2) is 60.8 Å². The number of aromatic nitrogens is 1. The topological polar surface area (TPSA) is 175 Å². The lowest BCUT2D eigenvalue weighted by Gasteiger charge is -2.22. The summed E-state index contributed by atoms with van der Waals surface area (Å²) >= 11 is 0. The van der Waals surface area contributed by atoms with E-state index in [9.17, 15) is 24.3 Å². The fourth-order valence-electron chi connectivity index (χ4n) is 3.77. The van der Waals surface area contributed by atoms with Crippen LogP contribution in [-0.4, -0.2) is 57.1 Å². The number of amides is 2. The number of aromatic amines is 1. The number of fused-ring (bicyclic) bond motifs is 1. The van der Waals surface area contributed by atoms with E-state index in [0.29, 0.717) is 5.56 Å². The summed E-state index contributed by atoms with van der Waals surface area (Å²) in [5.41, 5.74) is 8.51. The molecule has 1 heterocycles. The number of nitrogens with one attached hydrogen (secondary N) is 3. The number of carboxylic acid groups (broad SMARTS) is 2. The maximum Gasteiger partial charge on any atom is 0.326 e. The van der Waals surface area contributed by atoms with Crippen LogP contribution in [0.3, 0.4) is 0 Å². The number of rotatable bonds is 12. The molecule has 1 aromatic heterocycles. The number of benzene rings is 2. The van der Waals surface area contributed by atoms with Crippen LogP contribution in [0, 0.1) is 0 Å². The average Bonchev–Trinajstić information content (AvgIpc) is 3.24. The first kappa shape index (κ1) is 25.4. The third-order valence-electron chi connectivity index (χ3n) is 5.63. The highest BCUT2D eigenvalue weighted by Gasteiger charge is 2.29. The molecular weight excluding hydrogens is 452 g/mol. The van der Waals surface area contributed by atoms with E-state index in [-0.39, 0.29) is 19.3 Å². The second kappa shape index (κ2) is 11.8. The number of para-hydroxylation sites is 1. The zero-order valence-electron chi connectivity index (χ0n) is 18.9. The highest BCUT2D eigenvalue weighted by molar-refractivity contribution is 5.92. The summed E-state index contributed by atoms with van der Waals surface area (Å²) in [4.78, 5) is 51.6. The molecule has 3 rings (SSSR count). The van der Waals surface area contributed by atoms with E-state index < -0.39 is 48.3 Å². The number of nitrogens with two attached hydrogens (primary N) is 1. The summed E-state index contributed by atoms with van der Waals surface area (Å²) in [5.74, 6) is -3.83. The molecule has 7 N–H and O–H groups in total. The molecule has 0 aliphatic heterocycles. The number of H-pyrrole nitrogens is 1. The lowest BCUT2D eigenvalue weighted by Crippen LogP contribution is -2.55. The second-order valence-corrected chi connectivity index (χ2v) is 8.25. The largest absolute Gasteiger partial charge is 0.481 e. The Balaban J connectivity index is 1.68. The van der Waals surface area contributed by atoms with E-state index in [4.69, 9.17) is 10.8 Å². The van der Waals surface area contributed by atoms with Crippen molar-refractivity contribution in [2.75, 3.05) is 0 Å². The third kappa shape index (κ3) is 7.15. The van der Waals surface area contributed by atoms with Gasteiger partial charge in [-0.05, 0) is 30.0 Å². The SMILES string of the molecule is NC(Cc1c[nH]c2ccccc12)C(=O)NC(CCC(=O)O)C(=O)NC(Cc1ccccc1)C(=O)O. The van der Waals surface area contributed by atoms with Crippen LogP contribution >= 0.6 is 0 Å². The lowest BCUT2D eigenvalue weighted by atomic mass is 10.0. The van der Waals surface area contributed by atoms with Crippen LogP contribution < -0.4 is 16.4 Å². The molecule has 2 amide bonds. The molecule has 0 saturated heterocycles. The van der Waals surface area contributed by atoms with Gasteiger partial charge in [-0.1, -0.05) is 48.5 Å². The Hall–Kier alpha value is -4.18. The summed E-state index contributed by atoms with van der Waals surface area (Å²) in [6.45, 7) is 0. The van der Waals surface area contributed by atoms with Gasteiger partial charge in [0, 0.05) is 29.9 Å². The first-order chi connectivity index (χ1) is 16.7. The summed E-state index contributed by atoms with van der Waals surface area (Å²) in [6, 6.07) is 12.8. The Morgan fingerprint density at radius 1 is 0.857 bits per heavy atom. The van der Waals surface area contributed by atoms with Crippen LogP contribution in [0.1, 0.15) is 24.0 Å². The van der Waals surface area contributed by atoms with Crippen molar-refractivity contribution in [3.05, 3.63) is 71.9 Å². The normalized spacial score (nSPS) is 13.5. The Bertz CT molecular complexity index is 1190. The van der Waals surface area contributed by atoms with E-state index in [2.05, 4.69) is 15.6 Å². The van der Waals surface area contributed by atoms with Crippen LogP contribution in [-0.2, 0) is 32.0 Å². The number of aliphatic carboxylic acids is 2. The molecule has 3 unspecified atom stereocenters. The number of hydrogen-bond acceptors (Lipinski definition) is 5. The van der Waals surface area contributed by atoms with Crippen LogP contribution in [0.4, 0.5) is 0 Å². The van der Waals surface area contributed by atoms with Crippen LogP contribution in [0.2, 0.25) is 0 Å². The summed E-state index contributed by atoms with van der Waals surface area (Å²) in [5, 5.41) is 24.4. The monoisotopic (exact) mass is 480 g/mol. The summed E-state index contributed by atoms with van der Waals surface area (Å²) < 4.78 is 0. The molecule has 184 valence electrons. The predicted molar refractivity (Wildman–Crippen MR) is 128 cm³/mol. The molecule has 0 saturated carbocycles. The number of hydrogen-bond donors (Lipinski definition) is 6. The van der Waals surface area contributed by atoms with Gasteiger partial charge >= 0.3 is 11.9 Å². The van der Waals surface area contributed by atoms with Gasteiger partial charge in [0.1, 0.15) is 12.1 Å². The van der Waals surface area contributed by atoms with Gasteiger partial charge in [-0.2, -0.15) is 0 Å². The standard InChI is InChI=1S/C25H28N4O6/c26-18(13-16-14-27-19-9-5-4-8-17(16)19)23(32)28-20(10-11-22(30)31)24(33)29-21(25(34)35)12-15-6-2-1-3-7-15/h1-9,14,18,20-21,27H,10-13,26H2,(H,28,32)(H,29,33)(H,30,31)(H,34,35). The molecular formula is C25H28N4O6. The highest BCUT2D eigenvalue weighted by Crippen LogP contribution is 2.19. The van der Waals surface area contributed by atoms with E-state index >= 15 is 0 Å². The molecule has 0 fully saturated rings. The second-order valence-electron chi connectivity index (χ2n) is 8.25. The molecule has 10 heteroatoms. The molecule has 0 spiro atoms. The molecule has 35 heavy (non-hydrogen) atoms. The third-order valence-corrected chi connectivity index (χ3v) is 5.63. The first-order valence-corrected chi connectivity index (χ1v) is 11.1. The maximum absolute atomic E-state index is 12.9. The van der Waals surface area contributed by atoms with Crippen molar-refractivity contribution in [1.29, 1.82) is 0 Å². The minimum absolute atomic E-state index is 0.0294.